The molecule has 0 aliphatic carbocycles. The summed E-state index contributed by atoms with van der Waals surface area (Å²) in [4.78, 5) is 30.4. The van der Waals surface area contributed by atoms with Gasteiger partial charge in [0.05, 0.1) is 23.4 Å². The Labute approximate surface area is 137 Å². The lowest BCUT2D eigenvalue weighted by molar-refractivity contribution is -0.139. The molecule has 1 amide bonds. The number of oxazole rings is 1. The Morgan fingerprint density at radius 2 is 2.35 bits per heavy atom. The molecule has 0 aromatic carbocycles. The van der Waals surface area contributed by atoms with Gasteiger partial charge in [-0.25, -0.2) is 4.98 Å². The van der Waals surface area contributed by atoms with Crippen LogP contribution in [0.3, 0.4) is 0 Å². The van der Waals surface area contributed by atoms with Gasteiger partial charge in [-0.3, -0.25) is 9.59 Å². The van der Waals surface area contributed by atoms with Crippen LogP contribution in [0.1, 0.15) is 30.7 Å². The number of aromatic nitrogens is 1. The highest BCUT2D eigenvalue weighted by molar-refractivity contribution is 7.13. The van der Waals surface area contributed by atoms with Gasteiger partial charge in [0.25, 0.3) is 0 Å². The van der Waals surface area contributed by atoms with Gasteiger partial charge in [-0.1, -0.05) is 6.07 Å². The first kappa shape index (κ1) is 15.7. The number of thiophene rings is 1. The molecule has 1 fully saturated rings. The number of likely N-dealkylation sites (tertiary alicyclic amines) is 1. The van der Waals surface area contributed by atoms with E-state index in [1.807, 2.05) is 17.5 Å². The highest BCUT2D eigenvalue weighted by Crippen LogP contribution is 2.27. The molecular formula is C16H18N2O4S. The minimum Gasteiger partial charge on any atom is -0.481 e. The zero-order chi connectivity index (χ0) is 16.4. The highest BCUT2D eigenvalue weighted by atomic mass is 32.1. The number of carbonyl (C=O) groups excluding carboxylic acids is 1. The van der Waals surface area contributed by atoms with E-state index >= 15 is 0 Å². The van der Waals surface area contributed by atoms with E-state index in [0.29, 0.717) is 23.9 Å². The van der Waals surface area contributed by atoms with Crippen molar-refractivity contribution in [3.05, 3.63) is 29.0 Å². The number of amides is 1. The number of aryl methyl sites for hydroxylation is 1. The van der Waals surface area contributed by atoms with E-state index in [-0.39, 0.29) is 24.8 Å². The van der Waals surface area contributed by atoms with E-state index < -0.39 is 5.97 Å². The zero-order valence-corrected chi connectivity index (χ0v) is 13.6. The van der Waals surface area contributed by atoms with Gasteiger partial charge in [0.15, 0.2) is 0 Å². The highest BCUT2D eigenvalue weighted by Gasteiger charge is 2.31. The smallest absolute Gasteiger partial charge is 0.305 e. The lowest BCUT2D eigenvalue weighted by Gasteiger charge is -2.23. The Kier molecular flexibility index (Phi) is 4.47. The second kappa shape index (κ2) is 6.54. The molecule has 1 saturated heterocycles. The van der Waals surface area contributed by atoms with E-state index in [9.17, 15) is 9.59 Å². The molecule has 1 atom stereocenters. The van der Waals surface area contributed by atoms with Crippen molar-refractivity contribution in [2.24, 2.45) is 0 Å². The standard InChI is InChI=1S/C16H18N2O4S/c1-10-12(17-16(22-10)13-5-3-7-23-13)9-14(19)18-6-2-4-11(18)8-15(20)21/h3,5,7,11H,2,4,6,8-9H2,1H3,(H,20,21). The molecule has 2 aromatic heterocycles. The Hall–Kier alpha value is -2.15. The van der Waals surface area contributed by atoms with Crippen LogP contribution in [0, 0.1) is 6.92 Å². The fourth-order valence-corrected chi connectivity index (χ4v) is 3.57. The summed E-state index contributed by atoms with van der Waals surface area (Å²) in [6.07, 6.45) is 1.75. The topological polar surface area (TPSA) is 83.6 Å². The van der Waals surface area contributed by atoms with Crippen LogP contribution in [0.25, 0.3) is 10.8 Å². The third-order valence-corrected chi connectivity index (χ3v) is 4.91. The van der Waals surface area contributed by atoms with E-state index in [1.165, 1.54) is 11.3 Å². The summed E-state index contributed by atoms with van der Waals surface area (Å²) in [7, 11) is 0. The van der Waals surface area contributed by atoms with Crippen LogP contribution in [-0.2, 0) is 16.0 Å². The van der Waals surface area contributed by atoms with Crippen molar-refractivity contribution in [3.8, 4) is 10.8 Å². The molecule has 0 bridgehead atoms. The lowest BCUT2D eigenvalue weighted by Crippen LogP contribution is -2.37. The predicted molar refractivity (Wildman–Crippen MR) is 85.2 cm³/mol. The number of carboxylic acid groups (broad SMARTS) is 1. The summed E-state index contributed by atoms with van der Waals surface area (Å²) in [6.45, 7) is 2.41. The number of aliphatic carboxylic acids is 1. The number of carbonyl (C=O) groups is 2. The molecule has 0 saturated carbocycles. The normalized spacial score (nSPS) is 17.6. The summed E-state index contributed by atoms with van der Waals surface area (Å²) >= 11 is 1.53. The van der Waals surface area contributed by atoms with Gasteiger partial charge in [-0.15, -0.1) is 11.3 Å². The van der Waals surface area contributed by atoms with E-state index in [2.05, 4.69) is 4.98 Å². The molecule has 1 aliphatic heterocycles. The largest absolute Gasteiger partial charge is 0.481 e. The molecule has 1 N–H and O–H groups in total. The van der Waals surface area contributed by atoms with Crippen molar-refractivity contribution in [3.63, 3.8) is 0 Å². The van der Waals surface area contributed by atoms with E-state index in [0.717, 1.165) is 17.7 Å². The summed E-state index contributed by atoms with van der Waals surface area (Å²) < 4.78 is 5.65. The minimum atomic E-state index is -0.868. The lowest BCUT2D eigenvalue weighted by atomic mass is 10.1. The fourth-order valence-electron chi connectivity index (χ4n) is 2.92. The second-order valence-corrected chi connectivity index (χ2v) is 6.60. The van der Waals surface area contributed by atoms with Crippen molar-refractivity contribution >= 4 is 23.2 Å². The van der Waals surface area contributed by atoms with Gasteiger partial charge in [0, 0.05) is 12.6 Å². The Morgan fingerprint density at radius 1 is 1.52 bits per heavy atom. The maximum absolute atomic E-state index is 12.5. The minimum absolute atomic E-state index is 0.00395. The first-order chi connectivity index (χ1) is 11.0. The molecule has 3 heterocycles. The van der Waals surface area contributed by atoms with Crippen LogP contribution < -0.4 is 0 Å². The fraction of sp³-hybridized carbons (Fsp3) is 0.438. The monoisotopic (exact) mass is 334 g/mol. The maximum atomic E-state index is 12.5. The molecule has 3 rings (SSSR count). The Bertz CT molecular complexity index is 708. The van der Waals surface area contributed by atoms with Gasteiger partial charge in [-0.2, -0.15) is 0 Å². The zero-order valence-electron chi connectivity index (χ0n) is 12.8. The van der Waals surface area contributed by atoms with Gasteiger partial charge < -0.3 is 14.4 Å². The molecule has 6 nitrogen and oxygen atoms in total. The summed E-state index contributed by atoms with van der Waals surface area (Å²) in [6, 6.07) is 3.64. The number of rotatable bonds is 5. The van der Waals surface area contributed by atoms with Crippen LogP contribution in [0.4, 0.5) is 0 Å². The van der Waals surface area contributed by atoms with Crippen LogP contribution in [0.2, 0.25) is 0 Å². The van der Waals surface area contributed by atoms with E-state index in [4.69, 9.17) is 9.52 Å². The molecule has 0 spiro atoms. The summed E-state index contributed by atoms with van der Waals surface area (Å²) in [5.41, 5.74) is 0.624. The number of hydrogen-bond acceptors (Lipinski definition) is 5. The first-order valence-corrected chi connectivity index (χ1v) is 8.44. The average Bonchev–Trinajstić information content (AvgIpc) is 3.20. The molecule has 0 radical (unpaired) electrons. The molecule has 23 heavy (non-hydrogen) atoms. The summed E-state index contributed by atoms with van der Waals surface area (Å²) in [5.74, 6) is 0.217. The summed E-state index contributed by atoms with van der Waals surface area (Å²) in [5, 5.41) is 10.9. The van der Waals surface area contributed by atoms with Crippen LogP contribution in [-0.4, -0.2) is 39.5 Å². The third-order valence-electron chi connectivity index (χ3n) is 4.05. The molecule has 122 valence electrons. The second-order valence-electron chi connectivity index (χ2n) is 5.66. The van der Waals surface area contributed by atoms with Crippen molar-refractivity contribution in [2.45, 2.75) is 38.6 Å². The van der Waals surface area contributed by atoms with Crippen LogP contribution in [0.15, 0.2) is 21.9 Å². The SMILES string of the molecule is Cc1oc(-c2cccs2)nc1CC(=O)N1CCCC1CC(=O)O. The predicted octanol–water partition coefficient (Wildman–Crippen LogP) is 2.72. The molecule has 2 aromatic rings. The molecule has 1 unspecified atom stereocenters. The number of carboxylic acids is 1. The van der Waals surface area contributed by atoms with Gasteiger partial charge in [0.2, 0.25) is 11.8 Å². The van der Waals surface area contributed by atoms with Gasteiger partial charge >= 0.3 is 5.97 Å². The van der Waals surface area contributed by atoms with Crippen molar-refractivity contribution in [2.75, 3.05) is 6.54 Å². The van der Waals surface area contributed by atoms with Crippen molar-refractivity contribution in [1.82, 2.24) is 9.88 Å². The maximum Gasteiger partial charge on any atom is 0.305 e. The number of nitrogens with zero attached hydrogens (tertiary/aromatic N) is 2. The van der Waals surface area contributed by atoms with E-state index in [1.54, 1.807) is 11.8 Å². The van der Waals surface area contributed by atoms with Crippen molar-refractivity contribution < 1.29 is 19.1 Å². The van der Waals surface area contributed by atoms with Crippen molar-refractivity contribution in [1.29, 1.82) is 0 Å². The Balaban J connectivity index is 1.71. The average molecular weight is 334 g/mol. The van der Waals surface area contributed by atoms with Crippen LogP contribution >= 0.6 is 11.3 Å². The van der Waals surface area contributed by atoms with Gasteiger partial charge in [-0.05, 0) is 31.2 Å². The quantitative estimate of drug-likeness (QED) is 0.909. The van der Waals surface area contributed by atoms with Gasteiger partial charge in [0.1, 0.15) is 5.76 Å². The molecule has 7 heteroatoms. The third kappa shape index (κ3) is 3.44. The first-order valence-electron chi connectivity index (χ1n) is 7.56. The molecule has 1 aliphatic rings. The van der Waals surface area contributed by atoms with Crippen LogP contribution in [0.5, 0.6) is 0 Å². The Morgan fingerprint density at radius 3 is 3.04 bits per heavy atom. The number of hydrogen-bond donors (Lipinski definition) is 1. The molecular weight excluding hydrogens is 316 g/mol.